The first kappa shape index (κ1) is 29.6. The molecule has 5 N–H and O–H groups in total. The van der Waals surface area contributed by atoms with Gasteiger partial charge >= 0.3 is 26.8 Å². The third kappa shape index (κ3) is 5.61. The van der Waals surface area contributed by atoms with E-state index in [0.29, 0.717) is 19.3 Å². The zero-order valence-electron chi connectivity index (χ0n) is 21.4. The summed E-state index contributed by atoms with van der Waals surface area (Å²) in [5.41, 5.74) is 1.69. The first-order valence-electron chi connectivity index (χ1n) is 12.9. The number of benzene rings is 1. The van der Waals surface area contributed by atoms with Crippen LogP contribution in [-0.2, 0) is 45.1 Å². The third-order valence-corrected chi connectivity index (χ3v) is 10.1. The summed E-state index contributed by atoms with van der Waals surface area (Å²) in [7, 11) is -9.71. The van der Waals surface area contributed by atoms with Crippen LogP contribution in [0.3, 0.4) is 0 Å². The van der Waals surface area contributed by atoms with Crippen molar-refractivity contribution in [2.24, 2.45) is 17.3 Å². The molecule has 1 saturated heterocycles. The predicted octanol–water partition coefficient (Wildman–Crippen LogP) is 0.829. The smallest absolute Gasteiger partial charge is 0.397 e. The Hall–Kier alpha value is -1.89. The van der Waals surface area contributed by atoms with E-state index in [9.17, 15) is 41.5 Å². The molecule has 1 aromatic rings. The van der Waals surface area contributed by atoms with Crippen molar-refractivity contribution in [1.82, 2.24) is 0 Å². The van der Waals surface area contributed by atoms with Gasteiger partial charge in [0.25, 0.3) is 0 Å². The minimum Gasteiger partial charge on any atom is -0.479 e. The Labute approximate surface area is 231 Å². The molecule has 0 radical (unpaired) electrons. The van der Waals surface area contributed by atoms with Crippen LogP contribution in [0.15, 0.2) is 18.2 Å². The number of hydrogen-bond donors (Lipinski definition) is 5. The maximum Gasteiger partial charge on any atom is 0.397 e. The van der Waals surface area contributed by atoms with Crippen molar-refractivity contribution in [3.63, 3.8) is 0 Å². The number of ether oxygens (including phenoxy) is 2. The molecule has 3 aliphatic carbocycles. The monoisotopic (exact) mass is 608 g/mol. The summed E-state index contributed by atoms with van der Waals surface area (Å²) >= 11 is 0. The molecule has 0 spiro atoms. The highest BCUT2D eigenvalue weighted by atomic mass is 32.3. The molecular weight excluding hydrogens is 576 g/mol. The number of aliphatic hydroxyl groups is 2. The van der Waals surface area contributed by atoms with E-state index in [4.69, 9.17) is 18.2 Å². The second-order valence-electron chi connectivity index (χ2n) is 11.3. The lowest BCUT2D eigenvalue weighted by Gasteiger charge is -2.50. The molecular formula is C24H32O14S2. The van der Waals surface area contributed by atoms with Crippen LogP contribution in [0.25, 0.3) is 0 Å². The fourth-order valence-electron chi connectivity index (χ4n) is 7.41. The highest BCUT2D eigenvalue weighted by Gasteiger charge is 2.56. The minimum atomic E-state index is -5.16. The van der Waals surface area contributed by atoms with Crippen LogP contribution >= 0.6 is 0 Å². The van der Waals surface area contributed by atoms with Gasteiger partial charge in [-0.1, -0.05) is 13.0 Å². The number of carboxylic acid groups (broad SMARTS) is 1. The molecule has 3 fully saturated rings. The van der Waals surface area contributed by atoms with Crippen molar-refractivity contribution in [3.8, 4) is 5.75 Å². The van der Waals surface area contributed by atoms with Gasteiger partial charge in [-0.3, -0.25) is 9.11 Å². The molecule has 4 aliphatic rings. The van der Waals surface area contributed by atoms with E-state index < -0.39 is 63.6 Å². The Kier molecular flexibility index (Phi) is 7.72. The van der Waals surface area contributed by atoms with Crippen molar-refractivity contribution in [3.05, 3.63) is 29.3 Å². The number of aryl methyl sites for hydroxylation is 1. The van der Waals surface area contributed by atoms with Gasteiger partial charge in [-0.05, 0) is 85.0 Å². The first-order chi connectivity index (χ1) is 18.6. The number of aliphatic hydroxyl groups excluding tert-OH is 2. The Balaban J connectivity index is 1.34. The van der Waals surface area contributed by atoms with Gasteiger partial charge < -0.3 is 24.8 Å². The minimum absolute atomic E-state index is 0.204. The molecule has 1 heterocycles. The number of aliphatic carboxylic acids is 1. The Bertz CT molecular complexity index is 1360. The van der Waals surface area contributed by atoms with Gasteiger partial charge in [-0.2, -0.15) is 16.8 Å². The summed E-state index contributed by atoms with van der Waals surface area (Å²) in [5, 5.41) is 30.1. The van der Waals surface area contributed by atoms with Crippen LogP contribution in [0, 0.1) is 17.3 Å². The molecule has 0 unspecified atom stereocenters. The SMILES string of the molecule is C[C@]12CC[C@@H]3c4ccc(O[C@@H]5O[C@H](C(=O)O)[C@@H](O)[C@H](OS(=O)(=O)O)[C@H]5O)cc4CC[C@H]3[C@@H]1CC[C@@H]2OS(=O)(=O)O. The second kappa shape index (κ2) is 10.4. The van der Waals surface area contributed by atoms with Gasteiger partial charge in [0.15, 0.2) is 6.10 Å². The average Bonchev–Trinajstić information content (AvgIpc) is 3.17. The van der Waals surface area contributed by atoms with Gasteiger partial charge in [-0.25, -0.2) is 13.2 Å². The van der Waals surface area contributed by atoms with Gasteiger partial charge in [0, 0.05) is 0 Å². The Morgan fingerprint density at radius 1 is 1.00 bits per heavy atom. The zero-order valence-corrected chi connectivity index (χ0v) is 23.0. The Morgan fingerprint density at radius 3 is 2.35 bits per heavy atom. The van der Waals surface area contributed by atoms with Crippen molar-refractivity contribution in [1.29, 1.82) is 0 Å². The van der Waals surface area contributed by atoms with Crippen LogP contribution in [0.4, 0.5) is 0 Å². The fourth-order valence-corrected chi connectivity index (χ4v) is 8.53. The topological polar surface area (TPSA) is 223 Å². The molecule has 16 heteroatoms. The molecule has 1 aromatic carbocycles. The van der Waals surface area contributed by atoms with Crippen LogP contribution < -0.4 is 4.74 Å². The largest absolute Gasteiger partial charge is 0.479 e. The van der Waals surface area contributed by atoms with E-state index >= 15 is 0 Å². The van der Waals surface area contributed by atoms with E-state index in [1.165, 1.54) is 0 Å². The fraction of sp³-hybridized carbons (Fsp3) is 0.708. The van der Waals surface area contributed by atoms with Crippen molar-refractivity contribution in [2.75, 3.05) is 0 Å². The van der Waals surface area contributed by atoms with Crippen molar-refractivity contribution >= 4 is 26.8 Å². The highest BCUT2D eigenvalue weighted by molar-refractivity contribution is 7.81. The number of fused-ring (bicyclic) bond motifs is 5. The molecule has 0 amide bonds. The van der Waals surface area contributed by atoms with Gasteiger partial charge in [-0.15, -0.1) is 0 Å². The third-order valence-electron chi connectivity index (χ3n) is 9.12. The Morgan fingerprint density at radius 2 is 1.70 bits per heavy atom. The lowest BCUT2D eigenvalue weighted by Crippen LogP contribution is -2.62. The summed E-state index contributed by atoms with van der Waals surface area (Å²) in [4.78, 5) is 11.6. The normalized spacial score (nSPS) is 39.6. The molecule has 224 valence electrons. The number of carboxylic acids is 1. The van der Waals surface area contributed by atoms with Crippen LogP contribution in [0.2, 0.25) is 0 Å². The first-order valence-corrected chi connectivity index (χ1v) is 15.7. The van der Waals surface area contributed by atoms with Gasteiger partial charge in [0.05, 0.1) is 6.10 Å². The summed E-state index contributed by atoms with van der Waals surface area (Å²) in [6, 6.07) is 5.22. The van der Waals surface area contributed by atoms with Crippen molar-refractivity contribution in [2.45, 2.75) is 88.2 Å². The maximum absolute atomic E-state index is 11.6. The summed E-state index contributed by atoms with van der Waals surface area (Å²) < 4.78 is 83.8. The van der Waals surface area contributed by atoms with Crippen LogP contribution in [0.5, 0.6) is 5.75 Å². The van der Waals surface area contributed by atoms with Gasteiger partial charge in [0.1, 0.15) is 24.1 Å². The molecule has 14 nitrogen and oxygen atoms in total. The molecule has 10 atom stereocenters. The van der Waals surface area contributed by atoms with Crippen LogP contribution in [-0.4, -0.2) is 84.0 Å². The molecule has 1 aliphatic heterocycles. The van der Waals surface area contributed by atoms with Crippen LogP contribution in [0.1, 0.15) is 56.1 Å². The van der Waals surface area contributed by atoms with Gasteiger partial charge in [0.2, 0.25) is 6.29 Å². The number of carbonyl (C=O) groups is 1. The average molecular weight is 609 g/mol. The second-order valence-corrected chi connectivity index (χ2v) is 13.4. The lowest BCUT2D eigenvalue weighted by molar-refractivity contribution is -0.266. The highest BCUT2D eigenvalue weighted by Crippen LogP contribution is 2.61. The zero-order chi connectivity index (χ0) is 29.2. The number of rotatable bonds is 7. The summed E-state index contributed by atoms with van der Waals surface area (Å²) in [6.07, 6.45) is -6.15. The van der Waals surface area contributed by atoms with E-state index in [1.807, 2.05) is 13.0 Å². The standard InChI is InChI=1S/C24H32O14S2/c1-24-9-8-14-13-5-3-12(10-11(13)2-4-15(14)16(24)6-7-17(24)37-39(29,30)31)35-23-19(26)20(38-40(32,33)34)18(25)21(36-23)22(27)28/h3,5,10,14-21,23,25-26H,2,4,6-9H2,1H3,(H,27,28)(H,29,30,31)(H,32,33,34)/t14-,15-,16+,17+,18+,19-,20+,21+,23-,24+/m1/s1. The number of hydrogen-bond acceptors (Lipinski definition) is 11. The maximum atomic E-state index is 11.6. The molecule has 2 saturated carbocycles. The molecule has 0 aromatic heterocycles. The van der Waals surface area contributed by atoms with E-state index in [0.717, 1.165) is 30.4 Å². The van der Waals surface area contributed by atoms with E-state index in [-0.39, 0.29) is 28.9 Å². The lowest BCUT2D eigenvalue weighted by atomic mass is 9.55. The summed E-state index contributed by atoms with van der Waals surface area (Å²) in [5.74, 6) is -0.750. The van der Waals surface area contributed by atoms with E-state index in [1.54, 1.807) is 12.1 Å². The van der Waals surface area contributed by atoms with Crippen molar-refractivity contribution < 1.29 is 63.9 Å². The summed E-state index contributed by atoms with van der Waals surface area (Å²) in [6.45, 7) is 2.03. The van der Waals surface area contributed by atoms with E-state index in [2.05, 4.69) is 4.18 Å². The molecule has 0 bridgehead atoms. The predicted molar refractivity (Wildman–Crippen MR) is 133 cm³/mol. The molecule has 5 rings (SSSR count). The quantitative estimate of drug-likeness (QED) is 0.271. The molecule has 40 heavy (non-hydrogen) atoms.